The summed E-state index contributed by atoms with van der Waals surface area (Å²) in [7, 11) is 1.96. The number of H-pyrrole nitrogens is 1. The van der Waals surface area contributed by atoms with Crippen molar-refractivity contribution in [2.45, 2.75) is 44.6 Å². The van der Waals surface area contributed by atoms with Crippen LogP contribution in [0.4, 0.5) is 31.7 Å². The first kappa shape index (κ1) is 23.8. The zero-order valence-electron chi connectivity index (χ0n) is 19.6. The highest BCUT2D eigenvalue weighted by atomic mass is 32.2. The van der Waals surface area contributed by atoms with Gasteiger partial charge in [0.2, 0.25) is 5.91 Å². The minimum atomic E-state index is -2.77. The number of hydrogen-bond acceptors (Lipinski definition) is 7. The van der Waals surface area contributed by atoms with Crippen LogP contribution in [0.1, 0.15) is 56.0 Å². The summed E-state index contributed by atoms with van der Waals surface area (Å²) < 4.78 is 34.8. The maximum Gasteiger partial charge on any atom is 0.295 e. The third-order valence-electron chi connectivity index (χ3n) is 6.34. The molecule has 5 rings (SSSR count). The Morgan fingerprint density at radius 3 is 2.71 bits per heavy atom. The molecule has 1 saturated carbocycles. The van der Waals surface area contributed by atoms with Crippen LogP contribution in [0.2, 0.25) is 0 Å². The Labute approximate surface area is 206 Å². The van der Waals surface area contributed by atoms with Gasteiger partial charge in [0.25, 0.3) is 6.43 Å². The van der Waals surface area contributed by atoms with Gasteiger partial charge in [-0.05, 0) is 49.8 Å². The van der Waals surface area contributed by atoms with Crippen molar-refractivity contribution < 1.29 is 18.3 Å². The molecule has 2 fully saturated rings. The number of halogens is 2. The molecule has 2 aromatic heterocycles. The zero-order valence-corrected chi connectivity index (χ0v) is 20.4. The Bertz CT molecular complexity index is 1230. The number of amides is 1. The highest BCUT2D eigenvalue weighted by Crippen LogP contribution is 2.38. The lowest BCUT2D eigenvalue weighted by Gasteiger charge is -2.26. The minimum absolute atomic E-state index is 0.0175. The summed E-state index contributed by atoms with van der Waals surface area (Å²) in [6, 6.07) is 7.74. The molecule has 2 aliphatic rings. The van der Waals surface area contributed by atoms with E-state index >= 15 is 0 Å². The number of carbonyl (C=O) groups excluding carboxylic acids is 1. The molecule has 1 aliphatic heterocycles. The molecule has 186 valence electrons. The Balaban J connectivity index is 1.53. The molecule has 1 unspecified atom stereocenters. The average molecular weight is 503 g/mol. The molecule has 35 heavy (non-hydrogen) atoms. The molecule has 1 atom stereocenters. The predicted molar refractivity (Wildman–Crippen MR) is 134 cm³/mol. The first-order valence-corrected chi connectivity index (χ1v) is 12.9. The quantitative estimate of drug-likeness (QED) is 0.328. The van der Waals surface area contributed by atoms with Gasteiger partial charge in [-0.25, -0.2) is 18.7 Å². The Kier molecular flexibility index (Phi) is 6.79. The zero-order chi connectivity index (χ0) is 24.5. The largest absolute Gasteiger partial charge is 0.374 e. The smallest absolute Gasteiger partial charge is 0.295 e. The van der Waals surface area contributed by atoms with Crippen LogP contribution in [0.3, 0.4) is 0 Å². The van der Waals surface area contributed by atoms with E-state index in [1.807, 2.05) is 29.7 Å². The number of alkyl halides is 2. The van der Waals surface area contributed by atoms with Gasteiger partial charge in [0, 0.05) is 31.9 Å². The highest BCUT2D eigenvalue weighted by molar-refractivity contribution is 7.99. The van der Waals surface area contributed by atoms with Gasteiger partial charge in [-0.3, -0.25) is 4.79 Å². The van der Waals surface area contributed by atoms with E-state index in [0.29, 0.717) is 11.2 Å². The summed E-state index contributed by atoms with van der Waals surface area (Å²) in [4.78, 5) is 23.3. The molecule has 11 heteroatoms. The molecule has 0 radical (unpaired) electrons. The Morgan fingerprint density at radius 1 is 1.20 bits per heavy atom. The van der Waals surface area contributed by atoms with E-state index in [9.17, 15) is 13.6 Å². The van der Waals surface area contributed by atoms with Gasteiger partial charge in [0.15, 0.2) is 11.5 Å². The molecular weight excluding hydrogens is 474 g/mol. The first-order chi connectivity index (χ1) is 16.9. The van der Waals surface area contributed by atoms with Crippen LogP contribution in [0.25, 0.3) is 11.2 Å². The summed E-state index contributed by atoms with van der Waals surface area (Å²) in [5, 5.41) is 6.17. The molecule has 1 saturated heterocycles. The van der Waals surface area contributed by atoms with Crippen LogP contribution in [-0.2, 0) is 9.53 Å². The lowest BCUT2D eigenvalue weighted by Crippen LogP contribution is -2.15. The molecule has 1 amide bonds. The van der Waals surface area contributed by atoms with Crippen molar-refractivity contribution in [3.8, 4) is 0 Å². The number of carbonyl (C=O) groups is 1. The maximum absolute atomic E-state index is 13.4. The van der Waals surface area contributed by atoms with Crippen molar-refractivity contribution in [3.05, 3.63) is 35.7 Å². The predicted octanol–water partition coefficient (Wildman–Crippen LogP) is 5.94. The normalized spacial score (nSPS) is 18.1. The summed E-state index contributed by atoms with van der Waals surface area (Å²) >= 11 is 1.56. The summed E-state index contributed by atoms with van der Waals surface area (Å²) in [5.74, 6) is -0.327. The number of fused-ring (bicyclic) bond motifs is 1. The Hall–Kier alpha value is -2.92. The number of benzene rings is 1. The van der Waals surface area contributed by atoms with E-state index in [2.05, 4.69) is 31.7 Å². The van der Waals surface area contributed by atoms with Gasteiger partial charge in [-0.1, -0.05) is 18.0 Å². The van der Waals surface area contributed by atoms with Crippen LogP contribution in [0.15, 0.2) is 24.3 Å². The second-order valence-corrected chi connectivity index (χ2v) is 9.79. The molecular formula is C24H28F2N6O2S. The van der Waals surface area contributed by atoms with Gasteiger partial charge < -0.3 is 24.7 Å². The lowest BCUT2D eigenvalue weighted by molar-refractivity contribution is -0.117. The summed E-state index contributed by atoms with van der Waals surface area (Å²) in [5.41, 5.74) is 3.77. The number of anilines is 4. The van der Waals surface area contributed by atoms with Crippen molar-refractivity contribution in [1.29, 1.82) is 0 Å². The monoisotopic (exact) mass is 502 g/mol. The van der Waals surface area contributed by atoms with Gasteiger partial charge in [0.05, 0.1) is 23.2 Å². The molecule has 1 aliphatic carbocycles. The van der Waals surface area contributed by atoms with Crippen LogP contribution in [-0.4, -0.2) is 40.8 Å². The first-order valence-electron chi connectivity index (χ1n) is 11.7. The number of aromatic nitrogens is 3. The number of rotatable bonds is 8. The van der Waals surface area contributed by atoms with E-state index in [-0.39, 0.29) is 29.4 Å². The van der Waals surface area contributed by atoms with Crippen molar-refractivity contribution >= 4 is 51.9 Å². The van der Waals surface area contributed by atoms with Crippen LogP contribution in [0, 0.1) is 5.92 Å². The fraction of sp³-hybridized carbons (Fsp3) is 0.458. The van der Waals surface area contributed by atoms with Crippen molar-refractivity contribution in [2.75, 3.05) is 34.8 Å². The molecule has 8 nitrogen and oxygen atoms in total. The Morgan fingerprint density at radius 2 is 2.03 bits per heavy atom. The standard InChI is InChI=1S/C24H28F2N6O2S/c1-32(35-2)17-11-14(18-5-3-4-10-34-18)8-9-15(17)27-16-12-19(29-24(33)13-6-7-13)28-22-20(16)30-23(31-22)21(25)26/h8-9,11-13,18,21H,3-7,10H2,1-2H3,(H3,27,28,29,30,31,33). The number of imidazole rings is 1. The number of hydrogen-bond donors (Lipinski definition) is 3. The summed E-state index contributed by atoms with van der Waals surface area (Å²) in [6.45, 7) is 0.759. The van der Waals surface area contributed by atoms with Crippen LogP contribution in [0.5, 0.6) is 0 Å². The molecule has 0 bridgehead atoms. The second-order valence-electron chi connectivity index (χ2n) is 8.88. The second kappa shape index (κ2) is 9.98. The van der Waals surface area contributed by atoms with Crippen molar-refractivity contribution in [1.82, 2.24) is 15.0 Å². The van der Waals surface area contributed by atoms with E-state index in [0.717, 1.165) is 55.6 Å². The van der Waals surface area contributed by atoms with Crippen molar-refractivity contribution in [2.24, 2.45) is 5.92 Å². The van der Waals surface area contributed by atoms with Crippen molar-refractivity contribution in [3.63, 3.8) is 0 Å². The van der Waals surface area contributed by atoms with Gasteiger partial charge in [-0.15, -0.1) is 0 Å². The number of aromatic amines is 1. The van der Waals surface area contributed by atoms with Gasteiger partial charge in [-0.2, -0.15) is 0 Å². The molecule has 3 heterocycles. The third kappa shape index (κ3) is 5.20. The number of nitrogens with zero attached hydrogens (tertiary/aromatic N) is 3. The number of pyridine rings is 1. The van der Waals surface area contributed by atoms with E-state index in [4.69, 9.17) is 4.74 Å². The number of ether oxygens (including phenoxy) is 1. The van der Waals surface area contributed by atoms with Crippen LogP contribution < -0.4 is 14.9 Å². The maximum atomic E-state index is 13.4. The average Bonchev–Trinajstić information content (AvgIpc) is 3.63. The molecule has 3 N–H and O–H groups in total. The minimum Gasteiger partial charge on any atom is -0.374 e. The molecule has 1 aromatic carbocycles. The molecule has 0 spiro atoms. The van der Waals surface area contributed by atoms with Crippen LogP contribution >= 0.6 is 11.9 Å². The number of nitrogens with one attached hydrogen (secondary N) is 3. The topological polar surface area (TPSA) is 95.2 Å². The summed E-state index contributed by atoms with van der Waals surface area (Å²) in [6.07, 6.45) is 4.16. The third-order valence-corrected chi connectivity index (χ3v) is 7.09. The fourth-order valence-electron chi connectivity index (χ4n) is 4.21. The highest BCUT2D eigenvalue weighted by Gasteiger charge is 2.30. The van der Waals surface area contributed by atoms with Gasteiger partial charge >= 0.3 is 0 Å². The fourth-order valence-corrected chi connectivity index (χ4v) is 4.56. The van der Waals surface area contributed by atoms with E-state index in [1.165, 1.54) is 0 Å². The van der Waals surface area contributed by atoms with E-state index in [1.54, 1.807) is 18.0 Å². The lowest BCUT2D eigenvalue weighted by atomic mass is 10.0. The van der Waals surface area contributed by atoms with E-state index < -0.39 is 12.2 Å². The van der Waals surface area contributed by atoms with Gasteiger partial charge in [0.1, 0.15) is 11.3 Å². The SMILES string of the molecule is CSN(C)c1cc(C2CCCCO2)ccc1Nc1cc(NC(=O)C2CC2)nc2nc(C(F)F)[nH]c12. The molecule has 3 aromatic rings.